The lowest BCUT2D eigenvalue weighted by molar-refractivity contribution is 0.553. The Bertz CT molecular complexity index is 575. The molecule has 1 saturated carbocycles. The zero-order valence-electron chi connectivity index (χ0n) is 11.8. The van der Waals surface area contributed by atoms with E-state index in [1.165, 1.54) is 12.1 Å². The monoisotopic (exact) mass is 300 g/mol. The second-order valence-corrected chi connectivity index (χ2v) is 7.06. The van der Waals surface area contributed by atoms with Gasteiger partial charge in [0.25, 0.3) is 0 Å². The Balaban J connectivity index is 2.14. The van der Waals surface area contributed by atoms with Crippen LogP contribution in [0.1, 0.15) is 32.3 Å². The lowest BCUT2D eigenvalue weighted by Gasteiger charge is -2.10. The Labute approximate surface area is 119 Å². The van der Waals surface area contributed by atoms with Crippen molar-refractivity contribution in [3.05, 3.63) is 29.6 Å². The Morgan fingerprint density at radius 1 is 1.40 bits per heavy atom. The minimum atomic E-state index is -3.77. The molecule has 1 aliphatic carbocycles. The van der Waals surface area contributed by atoms with Gasteiger partial charge in [-0.05, 0) is 43.0 Å². The van der Waals surface area contributed by atoms with Gasteiger partial charge in [0.15, 0.2) is 0 Å². The van der Waals surface area contributed by atoms with Gasteiger partial charge < -0.3 is 5.32 Å². The summed E-state index contributed by atoms with van der Waals surface area (Å²) in [6, 6.07) is 4.18. The van der Waals surface area contributed by atoms with E-state index in [9.17, 15) is 12.8 Å². The number of benzene rings is 1. The van der Waals surface area contributed by atoms with Crippen LogP contribution in [-0.4, -0.2) is 21.0 Å². The van der Waals surface area contributed by atoms with Crippen molar-refractivity contribution in [3.63, 3.8) is 0 Å². The van der Waals surface area contributed by atoms with Gasteiger partial charge in [-0.3, -0.25) is 0 Å². The molecule has 0 amide bonds. The maximum absolute atomic E-state index is 13.8. The van der Waals surface area contributed by atoms with E-state index in [-0.39, 0.29) is 10.9 Å². The third kappa shape index (κ3) is 3.77. The molecular weight excluding hydrogens is 279 g/mol. The van der Waals surface area contributed by atoms with Gasteiger partial charge in [-0.15, -0.1) is 0 Å². The molecule has 1 aromatic carbocycles. The van der Waals surface area contributed by atoms with Gasteiger partial charge in [-0.2, -0.15) is 0 Å². The molecule has 6 heteroatoms. The first-order valence-electron chi connectivity index (χ1n) is 6.95. The molecular formula is C14H21FN2O2S. The molecule has 0 radical (unpaired) electrons. The van der Waals surface area contributed by atoms with Crippen molar-refractivity contribution in [2.24, 2.45) is 5.92 Å². The van der Waals surface area contributed by atoms with Crippen molar-refractivity contribution in [2.45, 2.75) is 44.2 Å². The highest BCUT2D eigenvalue weighted by molar-refractivity contribution is 7.89. The molecule has 1 aromatic rings. The zero-order chi connectivity index (χ0) is 14.8. The summed E-state index contributed by atoms with van der Waals surface area (Å²) in [5, 5.41) is 3.17. The third-order valence-corrected chi connectivity index (χ3v) is 4.96. The van der Waals surface area contributed by atoms with Crippen molar-refractivity contribution >= 4 is 10.0 Å². The normalized spacial score (nSPS) is 21.9. The van der Waals surface area contributed by atoms with E-state index >= 15 is 0 Å². The lowest BCUT2D eigenvalue weighted by Crippen LogP contribution is -2.28. The van der Waals surface area contributed by atoms with Gasteiger partial charge in [-0.25, -0.2) is 17.5 Å². The van der Waals surface area contributed by atoms with Gasteiger partial charge in [0.2, 0.25) is 10.0 Å². The van der Waals surface area contributed by atoms with Gasteiger partial charge in [-0.1, -0.05) is 19.9 Å². The molecule has 112 valence electrons. The average Bonchev–Trinajstić information content (AvgIpc) is 3.06. The fraction of sp³-hybridized carbons (Fsp3) is 0.571. The van der Waals surface area contributed by atoms with Crippen molar-refractivity contribution in [1.82, 2.24) is 10.0 Å². The fourth-order valence-corrected chi connectivity index (χ4v) is 3.51. The quantitative estimate of drug-likeness (QED) is 0.757. The van der Waals surface area contributed by atoms with E-state index in [1.54, 1.807) is 6.07 Å². The number of hydrogen-bond donors (Lipinski definition) is 2. The molecule has 2 N–H and O–H groups in total. The van der Waals surface area contributed by atoms with Crippen LogP contribution in [0.4, 0.5) is 4.39 Å². The van der Waals surface area contributed by atoms with E-state index in [1.807, 2.05) is 13.8 Å². The summed E-state index contributed by atoms with van der Waals surface area (Å²) in [4.78, 5) is -0.257. The Hall–Kier alpha value is -0.980. The van der Waals surface area contributed by atoms with Crippen LogP contribution in [0.5, 0.6) is 0 Å². The summed E-state index contributed by atoms with van der Waals surface area (Å²) in [6.07, 6.45) is 1.81. The second-order valence-electron chi connectivity index (χ2n) is 5.38. The molecule has 2 atom stereocenters. The highest BCUT2D eigenvalue weighted by atomic mass is 32.2. The second kappa shape index (κ2) is 6.20. The van der Waals surface area contributed by atoms with Crippen LogP contribution in [0.3, 0.4) is 0 Å². The van der Waals surface area contributed by atoms with E-state index in [2.05, 4.69) is 10.0 Å². The van der Waals surface area contributed by atoms with Gasteiger partial charge in [0.05, 0.1) is 0 Å². The van der Waals surface area contributed by atoms with Crippen LogP contribution in [0.2, 0.25) is 0 Å². The molecule has 0 saturated heterocycles. The number of halogens is 1. The summed E-state index contributed by atoms with van der Waals surface area (Å²) in [5.41, 5.74) is 0.768. The van der Waals surface area contributed by atoms with Crippen molar-refractivity contribution in [2.75, 3.05) is 6.54 Å². The van der Waals surface area contributed by atoms with E-state index < -0.39 is 15.8 Å². The summed E-state index contributed by atoms with van der Waals surface area (Å²) in [7, 11) is -3.77. The molecule has 0 aliphatic heterocycles. The van der Waals surface area contributed by atoms with Crippen LogP contribution in [-0.2, 0) is 16.6 Å². The number of hydrogen-bond acceptors (Lipinski definition) is 3. The Kier molecular flexibility index (Phi) is 4.78. The van der Waals surface area contributed by atoms with Crippen molar-refractivity contribution in [1.29, 1.82) is 0 Å². The summed E-state index contributed by atoms with van der Waals surface area (Å²) in [5.74, 6) is -0.368. The molecule has 4 nitrogen and oxygen atoms in total. The van der Waals surface area contributed by atoms with Gasteiger partial charge in [0, 0.05) is 12.6 Å². The fourth-order valence-electron chi connectivity index (χ4n) is 2.02. The predicted octanol–water partition coefficient (Wildman–Crippen LogP) is 2.01. The Morgan fingerprint density at radius 3 is 2.70 bits per heavy atom. The summed E-state index contributed by atoms with van der Waals surface area (Å²) < 4.78 is 40.6. The first kappa shape index (κ1) is 15.4. The molecule has 0 bridgehead atoms. The van der Waals surface area contributed by atoms with Crippen LogP contribution < -0.4 is 10.0 Å². The predicted molar refractivity (Wildman–Crippen MR) is 76.3 cm³/mol. The summed E-state index contributed by atoms with van der Waals surface area (Å²) >= 11 is 0. The maximum Gasteiger partial charge on any atom is 0.243 e. The lowest BCUT2D eigenvalue weighted by atomic mass is 10.2. The van der Waals surface area contributed by atoms with Crippen molar-refractivity contribution < 1.29 is 12.8 Å². The van der Waals surface area contributed by atoms with Crippen LogP contribution in [0, 0.1) is 11.7 Å². The maximum atomic E-state index is 13.8. The number of nitrogens with one attached hydrogen (secondary N) is 2. The van der Waals surface area contributed by atoms with Crippen LogP contribution >= 0.6 is 0 Å². The first-order chi connectivity index (χ1) is 9.44. The molecule has 0 heterocycles. The average molecular weight is 300 g/mol. The van der Waals surface area contributed by atoms with Gasteiger partial charge >= 0.3 is 0 Å². The SMILES string of the molecule is CCCNCc1ccc(F)c(S(=O)(=O)NC2CC2C)c1. The zero-order valence-corrected chi connectivity index (χ0v) is 12.6. The number of rotatable bonds is 7. The highest BCUT2D eigenvalue weighted by Crippen LogP contribution is 2.31. The molecule has 1 aliphatic rings. The topological polar surface area (TPSA) is 58.2 Å². The van der Waals surface area contributed by atoms with Crippen LogP contribution in [0.15, 0.2) is 23.1 Å². The molecule has 20 heavy (non-hydrogen) atoms. The van der Waals surface area contributed by atoms with Gasteiger partial charge in [0.1, 0.15) is 10.7 Å². The molecule has 0 aromatic heterocycles. The molecule has 0 spiro atoms. The highest BCUT2D eigenvalue weighted by Gasteiger charge is 2.37. The largest absolute Gasteiger partial charge is 0.313 e. The minimum absolute atomic E-state index is 0.0544. The smallest absolute Gasteiger partial charge is 0.243 e. The molecule has 2 unspecified atom stereocenters. The summed E-state index contributed by atoms with van der Waals surface area (Å²) in [6.45, 7) is 5.40. The van der Waals surface area contributed by atoms with E-state index in [4.69, 9.17) is 0 Å². The standard InChI is InChI=1S/C14H21FN2O2S/c1-3-6-16-9-11-4-5-12(15)14(8-11)20(18,19)17-13-7-10(13)2/h4-5,8,10,13,16-17H,3,6-7,9H2,1-2H3. The van der Waals surface area contributed by atoms with E-state index in [0.29, 0.717) is 12.5 Å². The third-order valence-electron chi connectivity index (χ3n) is 3.46. The molecule has 1 fully saturated rings. The van der Waals surface area contributed by atoms with Crippen molar-refractivity contribution in [3.8, 4) is 0 Å². The Morgan fingerprint density at radius 2 is 2.10 bits per heavy atom. The first-order valence-corrected chi connectivity index (χ1v) is 8.44. The van der Waals surface area contributed by atoms with Crippen LogP contribution in [0.25, 0.3) is 0 Å². The molecule has 2 rings (SSSR count). The van der Waals surface area contributed by atoms with E-state index in [0.717, 1.165) is 24.9 Å². The number of sulfonamides is 1. The minimum Gasteiger partial charge on any atom is -0.313 e.